The number of pyridine rings is 1. The van der Waals surface area contributed by atoms with Crippen molar-refractivity contribution in [2.75, 3.05) is 0 Å². The molecule has 0 fully saturated rings. The Morgan fingerprint density at radius 1 is 0.482 bits per heavy atom. The zero-order chi connectivity index (χ0) is 37.2. The smallest absolute Gasteiger partial charge is 0.235 e. The zero-order valence-electron chi connectivity index (χ0n) is 30.9. The lowest BCUT2D eigenvalue weighted by Gasteiger charge is -2.43. The van der Waals surface area contributed by atoms with Crippen molar-refractivity contribution in [2.45, 2.75) is 24.7 Å². The molecule has 264 valence electrons. The molecule has 0 bridgehead atoms. The van der Waals surface area contributed by atoms with Crippen molar-refractivity contribution in [1.82, 2.24) is 19.5 Å². The first-order chi connectivity index (χ1) is 27.5. The van der Waals surface area contributed by atoms with Gasteiger partial charge in [0.15, 0.2) is 0 Å². The highest BCUT2D eigenvalue weighted by Crippen LogP contribution is 2.61. The Labute approximate surface area is 324 Å². The maximum Gasteiger partial charge on any atom is 0.235 e. The van der Waals surface area contributed by atoms with E-state index in [0.717, 1.165) is 55.7 Å². The average molecular weight is 719 g/mol. The Balaban J connectivity index is 1.15. The van der Waals surface area contributed by atoms with E-state index in [1.165, 1.54) is 44.5 Å². The summed E-state index contributed by atoms with van der Waals surface area (Å²) < 4.78 is 9.05. The van der Waals surface area contributed by atoms with Gasteiger partial charge in [-0.15, -0.1) is 0 Å². The van der Waals surface area contributed by atoms with E-state index >= 15 is 0 Å². The number of ether oxygens (including phenoxy) is 1. The monoisotopic (exact) mass is 718 g/mol. The molecule has 1 atom stereocenters. The maximum absolute atomic E-state index is 7.00. The predicted octanol–water partition coefficient (Wildman–Crippen LogP) is 11.9. The second-order valence-electron chi connectivity index (χ2n) is 15.6. The summed E-state index contributed by atoms with van der Waals surface area (Å²) in [6, 6.07) is 50.8. The summed E-state index contributed by atoms with van der Waals surface area (Å²) in [5.41, 5.74) is 15.6. The van der Waals surface area contributed by atoms with Crippen LogP contribution in [-0.4, -0.2) is 19.5 Å². The van der Waals surface area contributed by atoms with Gasteiger partial charge in [0.1, 0.15) is 17.1 Å². The van der Waals surface area contributed by atoms with E-state index in [4.69, 9.17) is 9.72 Å². The highest BCUT2D eigenvalue weighted by Gasteiger charge is 2.49. The number of hydrogen-bond donors (Lipinski definition) is 0. The van der Waals surface area contributed by atoms with Crippen LogP contribution in [0.5, 0.6) is 11.5 Å². The molecule has 2 aliphatic carbocycles. The summed E-state index contributed by atoms with van der Waals surface area (Å²) in [7, 11) is 0. The van der Waals surface area contributed by atoms with Gasteiger partial charge in [-0.05, 0) is 110 Å². The summed E-state index contributed by atoms with van der Waals surface area (Å²) in [4.78, 5) is 14.0. The molecule has 3 aliphatic rings. The van der Waals surface area contributed by atoms with Crippen LogP contribution in [0.2, 0.25) is 0 Å². The largest absolute Gasteiger partial charge is 0.457 e. The van der Waals surface area contributed by atoms with Crippen LogP contribution in [0.25, 0.3) is 62.3 Å². The fourth-order valence-corrected chi connectivity index (χ4v) is 9.96. The maximum atomic E-state index is 7.00. The van der Waals surface area contributed by atoms with Crippen LogP contribution in [-0.2, 0) is 10.8 Å². The van der Waals surface area contributed by atoms with Crippen molar-refractivity contribution in [3.8, 4) is 39.7 Å². The Morgan fingerprint density at radius 3 is 2.07 bits per heavy atom. The molecule has 1 unspecified atom stereocenters. The zero-order valence-corrected chi connectivity index (χ0v) is 30.9. The number of aromatic nitrogens is 4. The fraction of sp³-hybridized carbons (Fsp3) is 0.0784. The van der Waals surface area contributed by atoms with Crippen molar-refractivity contribution < 1.29 is 4.74 Å². The minimum Gasteiger partial charge on any atom is -0.457 e. The average Bonchev–Trinajstić information content (AvgIpc) is 3.63. The molecule has 6 aromatic carbocycles. The van der Waals surface area contributed by atoms with Gasteiger partial charge in [0.2, 0.25) is 5.95 Å². The Kier molecular flexibility index (Phi) is 6.26. The van der Waals surface area contributed by atoms with Crippen LogP contribution >= 0.6 is 0 Å². The lowest BCUT2D eigenvalue weighted by Crippen LogP contribution is -2.35. The molecule has 3 aromatic heterocycles. The van der Waals surface area contributed by atoms with Gasteiger partial charge < -0.3 is 4.74 Å². The van der Waals surface area contributed by atoms with Crippen LogP contribution in [0.1, 0.15) is 58.4 Å². The van der Waals surface area contributed by atoms with Crippen LogP contribution < -0.4 is 4.74 Å². The van der Waals surface area contributed by atoms with E-state index in [0.29, 0.717) is 5.95 Å². The minimum absolute atomic E-state index is 0.160. The van der Waals surface area contributed by atoms with Crippen molar-refractivity contribution in [1.29, 1.82) is 0 Å². The van der Waals surface area contributed by atoms with Gasteiger partial charge in [-0.25, -0.2) is 15.0 Å². The molecule has 0 radical (unpaired) electrons. The van der Waals surface area contributed by atoms with E-state index in [1.807, 2.05) is 18.3 Å². The lowest BCUT2D eigenvalue weighted by atomic mass is 9.61. The first kappa shape index (κ1) is 31.3. The SMILES string of the molecule is CC1(C)c2ccccc2-c2cc3c(cc21)Oc1ccccc1C31c2ccccc2C=Cc2ccc(-c3ccc4c(c3)c3cccnc3n4-c3ncccn3)cc21. The highest BCUT2D eigenvalue weighted by molar-refractivity contribution is 6.09. The van der Waals surface area contributed by atoms with Gasteiger partial charge in [-0.3, -0.25) is 4.57 Å². The third-order valence-electron chi connectivity index (χ3n) is 12.5. The van der Waals surface area contributed by atoms with Gasteiger partial charge in [0, 0.05) is 45.9 Å². The van der Waals surface area contributed by atoms with E-state index < -0.39 is 5.41 Å². The van der Waals surface area contributed by atoms with Crippen molar-refractivity contribution in [3.63, 3.8) is 0 Å². The Hall–Kier alpha value is -7.11. The lowest BCUT2D eigenvalue weighted by molar-refractivity contribution is 0.433. The van der Waals surface area contributed by atoms with Crippen LogP contribution in [0.3, 0.4) is 0 Å². The first-order valence-electron chi connectivity index (χ1n) is 19.2. The number of fused-ring (bicyclic) bond motifs is 14. The minimum atomic E-state index is -0.680. The molecule has 12 rings (SSSR count). The second kappa shape index (κ2) is 11.2. The summed E-state index contributed by atoms with van der Waals surface area (Å²) in [5, 5.41) is 2.16. The summed E-state index contributed by atoms with van der Waals surface area (Å²) in [6.45, 7) is 4.67. The third-order valence-corrected chi connectivity index (χ3v) is 12.5. The molecule has 0 saturated carbocycles. The molecular formula is C51H34N4O. The Morgan fingerprint density at radius 2 is 1.20 bits per heavy atom. The van der Waals surface area contributed by atoms with Gasteiger partial charge in [0.25, 0.3) is 0 Å². The topological polar surface area (TPSA) is 52.8 Å². The molecule has 0 amide bonds. The molecule has 5 nitrogen and oxygen atoms in total. The number of benzene rings is 6. The standard InChI is InChI=1S/C51H34N4O/c1-50(2)40-15-6-4-12-35(40)37-29-44-47(30-43(37)50)56-46-17-8-7-16-41(46)51(44)39-14-5-3-11-31(39)18-19-32-20-21-34(28-42(32)51)33-22-23-45-38(27-33)36-13-9-24-52-48(36)55(45)49-53-25-10-26-54-49/h3-30H,1-2H3. The molecule has 1 spiro atoms. The van der Waals surface area contributed by atoms with Crippen LogP contribution in [0, 0.1) is 0 Å². The van der Waals surface area contributed by atoms with Crippen molar-refractivity contribution in [3.05, 3.63) is 203 Å². The molecule has 4 heterocycles. The van der Waals surface area contributed by atoms with Crippen LogP contribution in [0.4, 0.5) is 0 Å². The number of nitrogens with zero attached hydrogens (tertiary/aromatic N) is 4. The number of para-hydroxylation sites is 1. The van der Waals surface area contributed by atoms with Gasteiger partial charge in [0.05, 0.1) is 10.9 Å². The molecule has 9 aromatic rings. The van der Waals surface area contributed by atoms with Gasteiger partial charge >= 0.3 is 0 Å². The molecule has 56 heavy (non-hydrogen) atoms. The van der Waals surface area contributed by atoms with E-state index in [9.17, 15) is 0 Å². The van der Waals surface area contributed by atoms with Gasteiger partial charge in [-0.2, -0.15) is 0 Å². The normalized spacial score (nSPS) is 16.7. The first-order valence-corrected chi connectivity index (χ1v) is 19.2. The van der Waals surface area contributed by atoms with Crippen LogP contribution in [0.15, 0.2) is 158 Å². The predicted molar refractivity (Wildman–Crippen MR) is 224 cm³/mol. The molecule has 0 N–H and O–H groups in total. The van der Waals surface area contributed by atoms with Crippen molar-refractivity contribution >= 4 is 34.1 Å². The van der Waals surface area contributed by atoms with Gasteiger partial charge in [-0.1, -0.05) is 111 Å². The second-order valence-corrected chi connectivity index (χ2v) is 15.6. The molecule has 5 heteroatoms. The van der Waals surface area contributed by atoms with E-state index in [1.54, 1.807) is 12.4 Å². The number of rotatable bonds is 2. The fourth-order valence-electron chi connectivity index (χ4n) is 9.96. The third kappa shape index (κ3) is 4.06. The highest BCUT2D eigenvalue weighted by atomic mass is 16.5. The van der Waals surface area contributed by atoms with E-state index in [-0.39, 0.29) is 5.41 Å². The molecular weight excluding hydrogens is 685 g/mol. The number of hydrogen-bond acceptors (Lipinski definition) is 4. The summed E-state index contributed by atoms with van der Waals surface area (Å²) in [6.07, 6.45) is 9.95. The summed E-state index contributed by atoms with van der Waals surface area (Å²) >= 11 is 0. The molecule has 1 aliphatic heterocycles. The quantitative estimate of drug-likeness (QED) is 0.179. The van der Waals surface area contributed by atoms with Crippen molar-refractivity contribution in [2.24, 2.45) is 0 Å². The molecule has 0 saturated heterocycles. The van der Waals surface area contributed by atoms with E-state index in [2.05, 4.69) is 168 Å². The summed E-state index contributed by atoms with van der Waals surface area (Å²) in [5.74, 6) is 2.39. The Bertz CT molecular complexity index is 3160.